The van der Waals surface area contributed by atoms with Crippen LogP contribution in [0.3, 0.4) is 0 Å². The molecular weight excluding hydrogens is 348 g/mol. The molecule has 0 aliphatic carbocycles. The van der Waals surface area contributed by atoms with Gasteiger partial charge in [-0.3, -0.25) is 9.78 Å². The maximum atomic E-state index is 12.4. The van der Waals surface area contributed by atoms with Crippen LogP contribution >= 0.6 is 11.8 Å². The van der Waals surface area contributed by atoms with Crippen LogP contribution in [0.25, 0.3) is 0 Å². The number of ether oxygens (including phenoxy) is 1. The zero-order chi connectivity index (χ0) is 19.1. The van der Waals surface area contributed by atoms with Crippen molar-refractivity contribution in [1.29, 1.82) is 0 Å². The fourth-order valence-electron chi connectivity index (χ4n) is 2.95. The number of aromatic nitrogens is 1. The number of nitrogens with one attached hydrogen (secondary N) is 1. The zero-order valence-corrected chi connectivity index (χ0v) is 16.4. The van der Waals surface area contributed by atoms with Crippen molar-refractivity contribution in [2.45, 2.75) is 32.6 Å². The van der Waals surface area contributed by atoms with E-state index in [1.165, 1.54) is 18.9 Å². The van der Waals surface area contributed by atoms with Gasteiger partial charge >= 0.3 is 5.97 Å². The minimum Gasteiger partial charge on any atom is -0.467 e. The molecule has 5 nitrogen and oxygen atoms in total. The van der Waals surface area contributed by atoms with Gasteiger partial charge in [0.2, 0.25) is 5.91 Å². The summed E-state index contributed by atoms with van der Waals surface area (Å²) >= 11 is 1.46. The van der Waals surface area contributed by atoms with Crippen molar-refractivity contribution < 1.29 is 14.3 Å². The topological polar surface area (TPSA) is 68.3 Å². The first-order valence-corrected chi connectivity index (χ1v) is 9.50. The van der Waals surface area contributed by atoms with Crippen LogP contribution in [-0.2, 0) is 20.1 Å². The third kappa shape index (κ3) is 5.33. The molecule has 0 aliphatic heterocycles. The van der Waals surface area contributed by atoms with Gasteiger partial charge in [0.15, 0.2) is 6.04 Å². The molecule has 1 atom stereocenters. The SMILES string of the molecule is COC(=O)C(NC(=O)CSCc1ccccn1)c1c(C)cc(C)cc1C. The third-order valence-electron chi connectivity index (χ3n) is 3.98. The molecule has 0 fully saturated rings. The van der Waals surface area contributed by atoms with E-state index in [1.54, 1.807) is 6.20 Å². The van der Waals surface area contributed by atoms with Gasteiger partial charge in [-0.05, 0) is 49.6 Å². The number of rotatable bonds is 7. The average molecular weight is 372 g/mol. The third-order valence-corrected chi connectivity index (χ3v) is 4.94. The second-order valence-electron chi connectivity index (χ2n) is 6.15. The van der Waals surface area contributed by atoms with Gasteiger partial charge in [0.05, 0.1) is 18.6 Å². The molecule has 0 saturated heterocycles. The summed E-state index contributed by atoms with van der Waals surface area (Å²) in [6.45, 7) is 5.88. The number of esters is 1. The van der Waals surface area contributed by atoms with Gasteiger partial charge in [-0.1, -0.05) is 23.8 Å². The molecule has 0 aliphatic rings. The Balaban J connectivity index is 2.06. The summed E-state index contributed by atoms with van der Waals surface area (Å²) in [5.41, 5.74) is 4.74. The van der Waals surface area contributed by atoms with Crippen molar-refractivity contribution in [2.24, 2.45) is 0 Å². The second-order valence-corrected chi connectivity index (χ2v) is 7.14. The molecule has 1 unspecified atom stereocenters. The van der Waals surface area contributed by atoms with Crippen LogP contribution in [0, 0.1) is 20.8 Å². The normalized spacial score (nSPS) is 11.7. The average Bonchev–Trinajstić information content (AvgIpc) is 2.60. The number of benzene rings is 1. The van der Waals surface area contributed by atoms with E-state index in [-0.39, 0.29) is 11.7 Å². The van der Waals surface area contributed by atoms with Gasteiger partial charge in [-0.25, -0.2) is 4.79 Å². The lowest BCUT2D eigenvalue weighted by atomic mass is 9.94. The molecule has 26 heavy (non-hydrogen) atoms. The number of aryl methyl sites for hydroxylation is 3. The highest BCUT2D eigenvalue weighted by Gasteiger charge is 2.26. The number of pyridine rings is 1. The molecule has 0 radical (unpaired) electrons. The molecule has 0 saturated carbocycles. The van der Waals surface area contributed by atoms with E-state index in [9.17, 15) is 9.59 Å². The summed E-state index contributed by atoms with van der Waals surface area (Å²) in [6, 6.07) is 8.89. The van der Waals surface area contributed by atoms with Gasteiger partial charge in [0, 0.05) is 11.9 Å². The lowest BCUT2D eigenvalue weighted by Gasteiger charge is -2.21. The Bertz CT molecular complexity index is 755. The summed E-state index contributed by atoms with van der Waals surface area (Å²) < 4.78 is 4.91. The lowest BCUT2D eigenvalue weighted by molar-refractivity contribution is -0.145. The van der Waals surface area contributed by atoms with E-state index >= 15 is 0 Å². The van der Waals surface area contributed by atoms with Gasteiger partial charge in [-0.2, -0.15) is 0 Å². The first-order valence-electron chi connectivity index (χ1n) is 8.35. The van der Waals surface area contributed by atoms with Gasteiger partial charge in [-0.15, -0.1) is 11.8 Å². The standard InChI is InChI=1S/C20H24N2O3S/c1-13-9-14(2)18(15(3)10-13)19(20(24)25-4)22-17(23)12-26-11-16-7-5-6-8-21-16/h5-10,19H,11-12H2,1-4H3,(H,22,23). The first kappa shape index (κ1) is 20.0. The Morgan fingerprint density at radius 1 is 1.19 bits per heavy atom. The van der Waals surface area contributed by atoms with Crippen LogP contribution in [-0.4, -0.2) is 29.7 Å². The van der Waals surface area contributed by atoms with Crippen molar-refractivity contribution in [2.75, 3.05) is 12.9 Å². The number of amides is 1. The van der Waals surface area contributed by atoms with Crippen LogP contribution < -0.4 is 5.32 Å². The Morgan fingerprint density at radius 3 is 2.46 bits per heavy atom. The quantitative estimate of drug-likeness (QED) is 0.756. The zero-order valence-electron chi connectivity index (χ0n) is 15.5. The largest absolute Gasteiger partial charge is 0.467 e. The predicted molar refractivity (Wildman–Crippen MR) is 104 cm³/mol. The fourth-order valence-corrected chi connectivity index (χ4v) is 3.70. The highest BCUT2D eigenvalue weighted by atomic mass is 32.2. The van der Waals surface area contributed by atoms with Crippen molar-refractivity contribution in [3.63, 3.8) is 0 Å². The summed E-state index contributed by atoms with van der Waals surface area (Å²) in [7, 11) is 1.33. The molecule has 0 spiro atoms. The minimum atomic E-state index is -0.802. The Morgan fingerprint density at radius 2 is 1.88 bits per heavy atom. The maximum Gasteiger partial charge on any atom is 0.333 e. The van der Waals surface area contributed by atoms with E-state index in [0.717, 1.165) is 27.9 Å². The summed E-state index contributed by atoms with van der Waals surface area (Å²) in [4.78, 5) is 28.9. The number of nitrogens with zero attached hydrogens (tertiary/aromatic N) is 1. The van der Waals surface area contributed by atoms with Crippen molar-refractivity contribution in [1.82, 2.24) is 10.3 Å². The highest BCUT2D eigenvalue weighted by molar-refractivity contribution is 7.99. The molecule has 1 amide bonds. The number of carbonyl (C=O) groups excluding carboxylic acids is 2. The molecule has 1 aromatic carbocycles. The highest BCUT2D eigenvalue weighted by Crippen LogP contribution is 2.25. The number of thioether (sulfide) groups is 1. The molecule has 6 heteroatoms. The van der Waals surface area contributed by atoms with Crippen LogP contribution in [0.2, 0.25) is 0 Å². The van der Waals surface area contributed by atoms with Crippen molar-refractivity contribution in [3.8, 4) is 0 Å². The second kappa shape index (κ2) is 9.38. The Labute approximate surface area is 158 Å². The van der Waals surface area contributed by atoms with Crippen LogP contribution in [0.5, 0.6) is 0 Å². The molecular formula is C20H24N2O3S. The van der Waals surface area contributed by atoms with Gasteiger partial charge < -0.3 is 10.1 Å². The molecule has 2 rings (SSSR count). The van der Waals surface area contributed by atoms with Gasteiger partial charge in [0.1, 0.15) is 0 Å². The van der Waals surface area contributed by atoms with Crippen LogP contribution in [0.15, 0.2) is 36.5 Å². The Kier molecular flexibility index (Phi) is 7.21. The monoisotopic (exact) mass is 372 g/mol. The fraction of sp³-hybridized carbons (Fsp3) is 0.350. The lowest BCUT2D eigenvalue weighted by Crippen LogP contribution is -2.36. The maximum absolute atomic E-state index is 12.4. The molecule has 138 valence electrons. The number of hydrogen-bond donors (Lipinski definition) is 1. The molecule has 0 bridgehead atoms. The summed E-state index contributed by atoms with van der Waals surface area (Å²) in [5.74, 6) is 0.206. The van der Waals surface area contributed by atoms with E-state index < -0.39 is 12.0 Å². The number of carbonyl (C=O) groups is 2. The van der Waals surface area contributed by atoms with Crippen molar-refractivity contribution >= 4 is 23.6 Å². The van der Waals surface area contributed by atoms with Gasteiger partial charge in [0.25, 0.3) is 0 Å². The van der Waals surface area contributed by atoms with E-state index in [0.29, 0.717) is 5.75 Å². The summed E-state index contributed by atoms with van der Waals surface area (Å²) in [5, 5.41) is 2.82. The number of hydrogen-bond acceptors (Lipinski definition) is 5. The molecule has 1 N–H and O–H groups in total. The molecule has 2 aromatic rings. The Hall–Kier alpha value is -2.34. The summed E-state index contributed by atoms with van der Waals surface area (Å²) in [6.07, 6.45) is 1.73. The molecule has 1 aromatic heterocycles. The van der Waals surface area contributed by atoms with Crippen LogP contribution in [0.4, 0.5) is 0 Å². The van der Waals surface area contributed by atoms with E-state index in [4.69, 9.17) is 4.74 Å². The molecule has 1 heterocycles. The van der Waals surface area contributed by atoms with E-state index in [2.05, 4.69) is 10.3 Å². The van der Waals surface area contributed by atoms with E-state index in [1.807, 2.05) is 51.1 Å². The minimum absolute atomic E-state index is 0.208. The van der Waals surface area contributed by atoms with Crippen molar-refractivity contribution in [3.05, 3.63) is 64.5 Å². The number of methoxy groups -OCH3 is 1. The van der Waals surface area contributed by atoms with Crippen LogP contribution in [0.1, 0.15) is 34.0 Å². The predicted octanol–water partition coefficient (Wildman–Crippen LogP) is 3.27. The first-order chi connectivity index (χ1) is 12.4. The smallest absolute Gasteiger partial charge is 0.333 e.